The Morgan fingerprint density at radius 1 is 1.35 bits per heavy atom. The third kappa shape index (κ3) is 3.08. The molecule has 88 valence electrons. The van der Waals surface area contributed by atoms with Crippen LogP contribution in [0.4, 0.5) is 11.5 Å². The van der Waals surface area contributed by atoms with Crippen LogP contribution in [0, 0.1) is 0 Å². The Labute approximate surface area is 112 Å². The van der Waals surface area contributed by atoms with Gasteiger partial charge >= 0.3 is 0 Å². The summed E-state index contributed by atoms with van der Waals surface area (Å²) in [4.78, 5) is 8.04. The highest BCUT2D eigenvalue weighted by Gasteiger charge is 2.05. The van der Waals surface area contributed by atoms with Crippen LogP contribution in [0.2, 0.25) is 5.15 Å². The first-order valence-electron chi connectivity index (χ1n) is 4.77. The molecule has 0 fully saturated rings. The zero-order valence-electron chi connectivity index (χ0n) is 8.95. The predicted molar refractivity (Wildman–Crippen MR) is 71.0 cm³/mol. The van der Waals surface area contributed by atoms with Crippen molar-refractivity contribution >= 4 is 39.0 Å². The molecule has 2 rings (SSSR count). The second-order valence-electron chi connectivity index (χ2n) is 3.20. The first kappa shape index (κ1) is 12.1. The molecule has 1 aromatic heterocycles. The van der Waals surface area contributed by atoms with Crippen molar-refractivity contribution in [3.63, 3.8) is 0 Å². The number of aromatic nitrogens is 2. The number of benzene rings is 1. The standard InChI is InChI=1S/C11H9BrClN3O/c1-17-9-3-2-7(12)4-8(9)15-11-6-14-5-10(13)16-11/h2-6H,1H3,(H,15,16). The van der Waals surface area contributed by atoms with Gasteiger partial charge in [-0.3, -0.25) is 4.98 Å². The quantitative estimate of drug-likeness (QED) is 0.939. The lowest BCUT2D eigenvalue weighted by Crippen LogP contribution is -1.97. The number of methoxy groups -OCH3 is 1. The van der Waals surface area contributed by atoms with E-state index in [4.69, 9.17) is 16.3 Å². The van der Waals surface area contributed by atoms with Gasteiger partial charge in [0.1, 0.15) is 10.9 Å². The van der Waals surface area contributed by atoms with Crippen molar-refractivity contribution in [1.29, 1.82) is 0 Å². The lowest BCUT2D eigenvalue weighted by Gasteiger charge is -2.10. The van der Waals surface area contributed by atoms with Crippen molar-refractivity contribution < 1.29 is 4.74 Å². The van der Waals surface area contributed by atoms with Crippen LogP contribution < -0.4 is 10.1 Å². The Kier molecular flexibility index (Phi) is 3.81. The molecular weight excluding hydrogens is 305 g/mol. The fraction of sp³-hybridized carbons (Fsp3) is 0.0909. The van der Waals surface area contributed by atoms with Crippen LogP contribution in [-0.4, -0.2) is 17.1 Å². The first-order valence-corrected chi connectivity index (χ1v) is 5.94. The van der Waals surface area contributed by atoms with Gasteiger partial charge in [-0.1, -0.05) is 27.5 Å². The predicted octanol–water partition coefficient (Wildman–Crippen LogP) is 3.64. The Bertz CT molecular complexity index is 536. The molecule has 2 aromatic rings. The minimum absolute atomic E-state index is 0.337. The summed E-state index contributed by atoms with van der Waals surface area (Å²) >= 11 is 9.16. The molecular formula is C11H9BrClN3O. The Morgan fingerprint density at radius 3 is 2.88 bits per heavy atom. The van der Waals surface area contributed by atoms with Crippen molar-refractivity contribution in [2.24, 2.45) is 0 Å². The molecule has 0 amide bonds. The van der Waals surface area contributed by atoms with Crippen LogP contribution in [0.15, 0.2) is 35.1 Å². The van der Waals surface area contributed by atoms with Gasteiger partial charge in [-0.2, -0.15) is 0 Å². The van der Waals surface area contributed by atoms with E-state index in [9.17, 15) is 0 Å². The highest BCUT2D eigenvalue weighted by Crippen LogP contribution is 2.30. The number of ether oxygens (including phenoxy) is 1. The van der Waals surface area contributed by atoms with E-state index in [-0.39, 0.29) is 0 Å². The minimum atomic E-state index is 0.337. The minimum Gasteiger partial charge on any atom is -0.495 e. The van der Waals surface area contributed by atoms with Gasteiger partial charge < -0.3 is 10.1 Å². The Morgan fingerprint density at radius 2 is 2.18 bits per heavy atom. The number of halogens is 2. The Balaban J connectivity index is 2.32. The molecule has 1 aromatic carbocycles. The Hall–Kier alpha value is -1.33. The van der Waals surface area contributed by atoms with Gasteiger partial charge in [0.15, 0.2) is 5.82 Å². The van der Waals surface area contributed by atoms with Gasteiger partial charge in [-0.25, -0.2) is 4.98 Å². The molecule has 0 aliphatic heterocycles. The highest BCUT2D eigenvalue weighted by molar-refractivity contribution is 9.10. The third-order valence-electron chi connectivity index (χ3n) is 2.03. The molecule has 0 aliphatic carbocycles. The van der Waals surface area contributed by atoms with Gasteiger partial charge in [-0.15, -0.1) is 0 Å². The molecule has 0 aliphatic rings. The number of hydrogen-bond acceptors (Lipinski definition) is 4. The zero-order chi connectivity index (χ0) is 12.3. The summed E-state index contributed by atoms with van der Waals surface area (Å²) in [5.41, 5.74) is 0.790. The molecule has 0 saturated carbocycles. The van der Waals surface area contributed by atoms with E-state index < -0.39 is 0 Å². The van der Waals surface area contributed by atoms with Crippen molar-refractivity contribution in [3.8, 4) is 5.75 Å². The summed E-state index contributed by atoms with van der Waals surface area (Å²) in [6, 6.07) is 5.64. The molecule has 17 heavy (non-hydrogen) atoms. The van der Waals surface area contributed by atoms with Gasteiger partial charge in [0, 0.05) is 4.47 Å². The van der Waals surface area contributed by atoms with Gasteiger partial charge in [0.2, 0.25) is 0 Å². The number of rotatable bonds is 3. The van der Waals surface area contributed by atoms with Crippen LogP contribution in [0.1, 0.15) is 0 Å². The summed E-state index contributed by atoms with van der Waals surface area (Å²) < 4.78 is 6.18. The van der Waals surface area contributed by atoms with Crippen molar-refractivity contribution in [3.05, 3.63) is 40.2 Å². The SMILES string of the molecule is COc1ccc(Br)cc1Nc1cncc(Cl)n1. The molecule has 0 unspecified atom stereocenters. The van der Waals surface area contributed by atoms with Crippen LogP contribution in [0.5, 0.6) is 5.75 Å². The van der Waals surface area contributed by atoms with Crippen molar-refractivity contribution in [1.82, 2.24) is 9.97 Å². The highest BCUT2D eigenvalue weighted by atomic mass is 79.9. The van der Waals surface area contributed by atoms with Crippen LogP contribution in [0.25, 0.3) is 0 Å². The maximum absolute atomic E-state index is 5.76. The molecule has 1 heterocycles. The second kappa shape index (κ2) is 5.33. The smallest absolute Gasteiger partial charge is 0.150 e. The molecule has 0 saturated heterocycles. The summed E-state index contributed by atoms with van der Waals surface area (Å²) in [7, 11) is 1.61. The van der Waals surface area contributed by atoms with Gasteiger partial charge in [0.05, 0.1) is 25.2 Å². The molecule has 0 bridgehead atoms. The van der Waals surface area contributed by atoms with E-state index in [0.29, 0.717) is 11.0 Å². The maximum atomic E-state index is 5.76. The van der Waals surface area contributed by atoms with Crippen LogP contribution in [0.3, 0.4) is 0 Å². The van der Waals surface area contributed by atoms with Gasteiger partial charge in [0.25, 0.3) is 0 Å². The zero-order valence-corrected chi connectivity index (χ0v) is 11.3. The monoisotopic (exact) mass is 313 g/mol. The van der Waals surface area contributed by atoms with E-state index in [2.05, 4.69) is 31.2 Å². The van der Waals surface area contributed by atoms with E-state index in [1.54, 1.807) is 13.3 Å². The summed E-state index contributed by atoms with van der Waals surface area (Å²) in [6.45, 7) is 0. The maximum Gasteiger partial charge on any atom is 0.150 e. The largest absolute Gasteiger partial charge is 0.495 e. The fourth-order valence-electron chi connectivity index (χ4n) is 1.32. The molecule has 0 radical (unpaired) electrons. The third-order valence-corrected chi connectivity index (χ3v) is 2.70. The van der Waals surface area contributed by atoms with Crippen molar-refractivity contribution in [2.75, 3.05) is 12.4 Å². The number of nitrogens with zero attached hydrogens (tertiary/aromatic N) is 2. The lowest BCUT2D eigenvalue weighted by molar-refractivity contribution is 0.416. The lowest BCUT2D eigenvalue weighted by atomic mass is 10.3. The topological polar surface area (TPSA) is 47.0 Å². The summed E-state index contributed by atoms with van der Waals surface area (Å²) in [5.74, 6) is 1.28. The van der Waals surface area contributed by atoms with E-state index >= 15 is 0 Å². The van der Waals surface area contributed by atoms with E-state index in [0.717, 1.165) is 15.9 Å². The van der Waals surface area contributed by atoms with Crippen LogP contribution >= 0.6 is 27.5 Å². The summed E-state index contributed by atoms with van der Waals surface area (Å²) in [6.07, 6.45) is 3.07. The number of nitrogens with one attached hydrogen (secondary N) is 1. The normalized spacial score (nSPS) is 10.1. The molecule has 0 atom stereocenters. The molecule has 6 heteroatoms. The number of anilines is 2. The second-order valence-corrected chi connectivity index (χ2v) is 4.50. The van der Waals surface area contributed by atoms with Crippen molar-refractivity contribution in [2.45, 2.75) is 0 Å². The summed E-state index contributed by atoms with van der Waals surface area (Å²) in [5, 5.41) is 3.43. The molecule has 1 N–H and O–H groups in total. The fourth-order valence-corrected chi connectivity index (χ4v) is 1.83. The molecule has 4 nitrogen and oxygen atoms in total. The average molecular weight is 315 g/mol. The van der Waals surface area contributed by atoms with E-state index in [1.807, 2.05) is 18.2 Å². The first-order chi connectivity index (χ1) is 8.19. The van der Waals surface area contributed by atoms with E-state index in [1.165, 1.54) is 6.20 Å². The molecule has 0 spiro atoms. The number of hydrogen-bond donors (Lipinski definition) is 1. The average Bonchev–Trinajstić information content (AvgIpc) is 2.29. The van der Waals surface area contributed by atoms with Gasteiger partial charge in [-0.05, 0) is 18.2 Å². The van der Waals surface area contributed by atoms with Crippen LogP contribution in [-0.2, 0) is 0 Å².